The van der Waals surface area contributed by atoms with Gasteiger partial charge in [-0.15, -0.1) is 0 Å². The van der Waals surface area contributed by atoms with Crippen LogP contribution in [0, 0.1) is 0 Å². The number of allylic oxidation sites excluding steroid dienone is 5. The number of phosphoric acid groups is 1. The molecule has 9 N–H and O–H groups in total. The van der Waals surface area contributed by atoms with Crippen LogP contribution in [0.1, 0.15) is 129 Å². The van der Waals surface area contributed by atoms with Gasteiger partial charge in [0.25, 0.3) is 0 Å². The molecule has 1 aliphatic rings. The van der Waals surface area contributed by atoms with Crippen molar-refractivity contribution in [2.45, 2.75) is 184 Å². The predicted octanol–water partition coefficient (Wildman–Crippen LogP) is 4.24. The summed E-state index contributed by atoms with van der Waals surface area (Å²) in [5.41, 5.74) is 0. The number of amides is 1. The Balaban J connectivity index is 2.72. The average molecular weight is 750 g/mol. The number of hydrogen-bond donors (Lipinski definition) is 9. The standard InChI is InChI=1S/C37H68NO12P/c1-3-5-7-9-11-12-13-14-15-16-17-19-21-23-25-30(40)29(38-31(41)26-28(39)24-22-20-18-10-8-6-4-2)27-49-51(47,48)50-37-35(45)33(43)32(42)34(44)36(37)46/h12-13,16-17,23,25,28-30,32-37,39-40,42-46H,3-11,14-15,18-22,24,26-27H2,1-2H3,(H,38,41)(H,47,48)/b13-12+,17-16+,25-23+. The summed E-state index contributed by atoms with van der Waals surface area (Å²) in [6.45, 7) is 3.60. The Hall–Kier alpha value is -1.48. The first kappa shape index (κ1) is 47.5. The largest absolute Gasteiger partial charge is 0.472 e. The maximum atomic E-state index is 12.8. The smallest absolute Gasteiger partial charge is 0.393 e. The summed E-state index contributed by atoms with van der Waals surface area (Å²) >= 11 is 0. The van der Waals surface area contributed by atoms with E-state index in [9.17, 15) is 50.0 Å². The van der Waals surface area contributed by atoms with Crippen molar-refractivity contribution in [1.29, 1.82) is 0 Å². The molecule has 0 aromatic heterocycles. The third-order valence-corrected chi connectivity index (χ3v) is 9.94. The van der Waals surface area contributed by atoms with Crippen molar-refractivity contribution < 1.29 is 59.0 Å². The van der Waals surface area contributed by atoms with E-state index in [0.717, 1.165) is 51.4 Å². The van der Waals surface area contributed by atoms with Gasteiger partial charge in [0.15, 0.2) is 0 Å². The molecule has 1 saturated carbocycles. The molecule has 14 heteroatoms. The highest BCUT2D eigenvalue weighted by atomic mass is 31.2. The fraction of sp³-hybridized carbons (Fsp3) is 0.811. The van der Waals surface area contributed by atoms with Gasteiger partial charge in [0, 0.05) is 0 Å². The molecule has 0 aromatic carbocycles. The van der Waals surface area contributed by atoms with Crippen LogP contribution in [0.25, 0.3) is 0 Å². The molecule has 0 aromatic rings. The summed E-state index contributed by atoms with van der Waals surface area (Å²) in [4.78, 5) is 23.2. The second-order valence-electron chi connectivity index (χ2n) is 13.6. The molecule has 1 amide bonds. The third-order valence-electron chi connectivity index (χ3n) is 8.96. The lowest BCUT2D eigenvalue weighted by atomic mass is 9.85. The van der Waals surface area contributed by atoms with Gasteiger partial charge in [-0.25, -0.2) is 4.57 Å². The van der Waals surface area contributed by atoms with Gasteiger partial charge in [0.1, 0.15) is 36.6 Å². The van der Waals surface area contributed by atoms with E-state index >= 15 is 0 Å². The first-order valence-corrected chi connectivity index (χ1v) is 20.5. The van der Waals surface area contributed by atoms with Gasteiger partial charge < -0.3 is 46.0 Å². The van der Waals surface area contributed by atoms with E-state index in [4.69, 9.17) is 9.05 Å². The SMILES string of the molecule is CCCCCC/C=C/CC/C=C/CC/C=C/C(O)C(COP(=O)(O)OC1C(O)C(O)C(O)C(O)C1O)NC(=O)CC(O)CCCCCCCCC. The van der Waals surface area contributed by atoms with Gasteiger partial charge in [0.2, 0.25) is 5.91 Å². The van der Waals surface area contributed by atoms with Crippen LogP contribution in [0.4, 0.5) is 0 Å². The number of unbranched alkanes of at least 4 members (excludes halogenated alkanes) is 12. The van der Waals surface area contributed by atoms with Crippen molar-refractivity contribution in [3.63, 3.8) is 0 Å². The van der Waals surface area contributed by atoms with Gasteiger partial charge in [-0.2, -0.15) is 0 Å². The first-order chi connectivity index (χ1) is 24.3. The van der Waals surface area contributed by atoms with Crippen LogP contribution in [0.2, 0.25) is 0 Å². The second kappa shape index (κ2) is 28.0. The maximum absolute atomic E-state index is 12.8. The molecule has 0 radical (unpaired) electrons. The van der Waals surface area contributed by atoms with Gasteiger partial charge in [-0.05, 0) is 44.9 Å². The molecule has 0 spiro atoms. The second-order valence-corrected chi connectivity index (χ2v) is 15.0. The molecule has 13 nitrogen and oxygen atoms in total. The molecule has 0 aliphatic heterocycles. The van der Waals surface area contributed by atoms with Gasteiger partial charge in [-0.3, -0.25) is 13.8 Å². The molecule has 0 saturated heterocycles. The maximum Gasteiger partial charge on any atom is 0.472 e. The van der Waals surface area contributed by atoms with Crippen molar-refractivity contribution in [1.82, 2.24) is 5.32 Å². The van der Waals surface area contributed by atoms with E-state index in [1.54, 1.807) is 6.08 Å². The van der Waals surface area contributed by atoms with Crippen molar-refractivity contribution in [2.24, 2.45) is 0 Å². The molecule has 8 atom stereocenters. The number of phosphoric ester groups is 1. The number of carbonyl (C=O) groups excluding carboxylic acids is 1. The fourth-order valence-corrected chi connectivity index (χ4v) is 6.71. The quantitative estimate of drug-likeness (QED) is 0.0297. The average Bonchev–Trinajstić information content (AvgIpc) is 3.09. The summed E-state index contributed by atoms with van der Waals surface area (Å²) in [5.74, 6) is -0.614. The van der Waals surface area contributed by atoms with Crippen molar-refractivity contribution >= 4 is 13.7 Å². The van der Waals surface area contributed by atoms with Crippen LogP contribution >= 0.6 is 7.82 Å². The highest BCUT2D eigenvalue weighted by Gasteiger charge is 2.51. The molecular formula is C37H68NO12P. The summed E-state index contributed by atoms with van der Waals surface area (Å²) in [6.07, 6.45) is 14.3. The van der Waals surface area contributed by atoms with E-state index in [2.05, 4.69) is 37.4 Å². The van der Waals surface area contributed by atoms with Crippen LogP contribution in [0.5, 0.6) is 0 Å². The Morgan fingerprint density at radius 2 is 1.16 bits per heavy atom. The minimum atomic E-state index is -5.14. The summed E-state index contributed by atoms with van der Waals surface area (Å²) in [6, 6.07) is -1.26. The zero-order valence-corrected chi connectivity index (χ0v) is 31.6. The number of nitrogens with one attached hydrogen (secondary N) is 1. The molecule has 51 heavy (non-hydrogen) atoms. The Morgan fingerprint density at radius 3 is 1.73 bits per heavy atom. The lowest BCUT2D eigenvalue weighted by Gasteiger charge is -2.41. The predicted molar refractivity (Wildman–Crippen MR) is 197 cm³/mol. The number of aliphatic hydroxyl groups excluding tert-OH is 7. The van der Waals surface area contributed by atoms with Crippen LogP contribution in [-0.4, -0.2) is 108 Å². The first-order valence-electron chi connectivity index (χ1n) is 19.0. The van der Waals surface area contributed by atoms with E-state index in [1.165, 1.54) is 44.6 Å². The minimum Gasteiger partial charge on any atom is -0.393 e. The van der Waals surface area contributed by atoms with Crippen molar-refractivity contribution in [2.75, 3.05) is 6.61 Å². The van der Waals surface area contributed by atoms with E-state index < -0.39 is 75.2 Å². The highest BCUT2D eigenvalue weighted by Crippen LogP contribution is 2.47. The Bertz CT molecular complexity index is 1030. The topological polar surface area (TPSA) is 226 Å². The molecule has 1 fully saturated rings. The summed E-state index contributed by atoms with van der Waals surface area (Å²) < 4.78 is 22.7. The van der Waals surface area contributed by atoms with Gasteiger partial charge in [-0.1, -0.05) is 115 Å². The van der Waals surface area contributed by atoms with Crippen LogP contribution in [0.3, 0.4) is 0 Å². The van der Waals surface area contributed by atoms with Crippen molar-refractivity contribution in [3.8, 4) is 0 Å². The zero-order valence-electron chi connectivity index (χ0n) is 30.8. The lowest BCUT2D eigenvalue weighted by Crippen LogP contribution is -2.64. The Kier molecular flexibility index (Phi) is 26.1. The number of aliphatic hydroxyl groups is 7. The van der Waals surface area contributed by atoms with Gasteiger partial charge in [0.05, 0.1) is 31.3 Å². The van der Waals surface area contributed by atoms with Crippen LogP contribution in [0.15, 0.2) is 36.5 Å². The highest BCUT2D eigenvalue weighted by molar-refractivity contribution is 7.47. The zero-order chi connectivity index (χ0) is 38.1. The van der Waals surface area contributed by atoms with Gasteiger partial charge >= 0.3 is 7.82 Å². The molecule has 1 aliphatic carbocycles. The molecule has 1 rings (SSSR count). The lowest BCUT2D eigenvalue weighted by molar-refractivity contribution is -0.220. The Labute approximate surface area is 305 Å². The molecular weight excluding hydrogens is 681 g/mol. The Morgan fingerprint density at radius 1 is 0.686 bits per heavy atom. The molecule has 0 bridgehead atoms. The van der Waals surface area contributed by atoms with Crippen LogP contribution < -0.4 is 5.32 Å². The number of rotatable bonds is 29. The van der Waals surface area contributed by atoms with Crippen LogP contribution in [-0.2, 0) is 18.4 Å². The summed E-state index contributed by atoms with van der Waals surface area (Å²) in [7, 11) is -5.14. The van der Waals surface area contributed by atoms with E-state index in [0.29, 0.717) is 19.3 Å². The normalized spacial score (nSPS) is 25.8. The molecule has 0 heterocycles. The number of carbonyl (C=O) groups is 1. The fourth-order valence-electron chi connectivity index (χ4n) is 5.74. The number of hydrogen-bond acceptors (Lipinski definition) is 11. The monoisotopic (exact) mass is 749 g/mol. The summed E-state index contributed by atoms with van der Waals surface area (Å²) in [5, 5.41) is 73.8. The van der Waals surface area contributed by atoms with Crippen molar-refractivity contribution in [3.05, 3.63) is 36.5 Å². The third kappa shape index (κ3) is 21.1. The molecule has 8 unspecified atom stereocenters. The molecule has 298 valence electrons. The van der Waals surface area contributed by atoms with E-state index in [-0.39, 0.29) is 6.42 Å². The minimum absolute atomic E-state index is 0.256. The van der Waals surface area contributed by atoms with E-state index in [1.807, 2.05) is 6.08 Å².